The van der Waals surface area contributed by atoms with Crippen LogP contribution in [0.4, 0.5) is 0 Å². The van der Waals surface area contributed by atoms with Gasteiger partial charge in [0.05, 0.1) is 13.2 Å². The van der Waals surface area contributed by atoms with Crippen LogP contribution in [0, 0.1) is 5.92 Å². The van der Waals surface area contributed by atoms with E-state index in [-0.39, 0.29) is 18.3 Å². The summed E-state index contributed by atoms with van der Waals surface area (Å²) in [5.74, 6) is 0.804. The molecule has 16 heavy (non-hydrogen) atoms. The molecule has 0 radical (unpaired) electrons. The third-order valence-corrected chi connectivity index (χ3v) is 3.11. The van der Waals surface area contributed by atoms with Crippen LogP contribution in [0.5, 0.6) is 0 Å². The van der Waals surface area contributed by atoms with E-state index < -0.39 is 0 Å². The van der Waals surface area contributed by atoms with Crippen molar-refractivity contribution in [2.75, 3.05) is 33.4 Å². The Bertz CT molecular complexity index is 228. The maximum Gasteiger partial charge on any atom is 0.236 e. The van der Waals surface area contributed by atoms with Crippen LogP contribution in [-0.2, 0) is 9.53 Å². The highest BCUT2D eigenvalue weighted by atomic mass is 35.5. The van der Waals surface area contributed by atoms with E-state index in [2.05, 4.69) is 10.2 Å². The fraction of sp³-hybridized carbons (Fsp3) is 0.909. The molecular formula is C11H21ClN2O2. The molecule has 1 N–H and O–H groups in total. The standard InChI is InChI=1S/C11H20N2O2.ClH/c1-12-6-11(14)13(10-2-3-10)7-9-4-5-15-8-9;/h9-10,12H,2-8H2,1H3;1H. The number of nitrogens with zero attached hydrogens (tertiary/aromatic N) is 1. The van der Waals surface area contributed by atoms with Gasteiger partial charge in [-0.3, -0.25) is 4.79 Å². The van der Waals surface area contributed by atoms with Gasteiger partial charge in [0.1, 0.15) is 0 Å². The monoisotopic (exact) mass is 248 g/mol. The van der Waals surface area contributed by atoms with Gasteiger partial charge >= 0.3 is 0 Å². The molecular weight excluding hydrogens is 228 g/mol. The van der Waals surface area contributed by atoms with E-state index in [4.69, 9.17) is 4.74 Å². The zero-order valence-corrected chi connectivity index (χ0v) is 10.6. The molecule has 1 aliphatic carbocycles. The van der Waals surface area contributed by atoms with Gasteiger partial charge in [0.2, 0.25) is 5.91 Å². The molecule has 1 amide bonds. The summed E-state index contributed by atoms with van der Waals surface area (Å²) in [5, 5.41) is 2.93. The highest BCUT2D eigenvalue weighted by Gasteiger charge is 2.34. The SMILES string of the molecule is CNCC(=O)N(CC1CCOC1)C1CC1.Cl. The molecule has 4 nitrogen and oxygen atoms in total. The molecule has 0 aromatic carbocycles. The minimum Gasteiger partial charge on any atom is -0.381 e. The van der Waals surface area contributed by atoms with Crippen molar-refractivity contribution in [3.05, 3.63) is 0 Å². The van der Waals surface area contributed by atoms with Gasteiger partial charge < -0.3 is 15.0 Å². The number of amides is 1. The Morgan fingerprint density at radius 2 is 2.19 bits per heavy atom. The van der Waals surface area contributed by atoms with Crippen LogP contribution in [0.25, 0.3) is 0 Å². The number of carbonyl (C=O) groups is 1. The molecule has 2 rings (SSSR count). The van der Waals surface area contributed by atoms with E-state index in [1.165, 1.54) is 12.8 Å². The lowest BCUT2D eigenvalue weighted by Crippen LogP contribution is -2.41. The molecule has 94 valence electrons. The first-order valence-electron chi connectivity index (χ1n) is 5.83. The molecule has 1 heterocycles. The summed E-state index contributed by atoms with van der Waals surface area (Å²) < 4.78 is 5.34. The molecule has 1 aliphatic heterocycles. The lowest BCUT2D eigenvalue weighted by Gasteiger charge is -2.25. The van der Waals surface area contributed by atoms with E-state index in [9.17, 15) is 4.79 Å². The van der Waals surface area contributed by atoms with E-state index in [1.807, 2.05) is 7.05 Å². The van der Waals surface area contributed by atoms with Gasteiger partial charge in [-0.15, -0.1) is 12.4 Å². The maximum absolute atomic E-state index is 11.8. The zero-order chi connectivity index (χ0) is 10.7. The van der Waals surface area contributed by atoms with Gasteiger partial charge in [0.25, 0.3) is 0 Å². The van der Waals surface area contributed by atoms with Gasteiger partial charge in [-0.2, -0.15) is 0 Å². The Hall–Kier alpha value is -0.320. The Morgan fingerprint density at radius 1 is 1.44 bits per heavy atom. The third kappa shape index (κ3) is 3.61. The molecule has 1 saturated carbocycles. The fourth-order valence-electron chi connectivity index (χ4n) is 2.10. The average Bonchev–Trinajstić information content (AvgIpc) is 2.93. The molecule has 0 aromatic rings. The second kappa shape index (κ2) is 6.42. The van der Waals surface area contributed by atoms with Gasteiger partial charge in [-0.05, 0) is 26.3 Å². The smallest absolute Gasteiger partial charge is 0.236 e. The minimum absolute atomic E-state index is 0. The summed E-state index contributed by atoms with van der Waals surface area (Å²) >= 11 is 0. The molecule has 2 fully saturated rings. The summed E-state index contributed by atoms with van der Waals surface area (Å²) in [6.07, 6.45) is 3.47. The number of hydrogen-bond donors (Lipinski definition) is 1. The van der Waals surface area contributed by atoms with Crippen molar-refractivity contribution in [1.82, 2.24) is 10.2 Å². The maximum atomic E-state index is 11.8. The van der Waals surface area contributed by atoms with Crippen molar-refractivity contribution in [3.8, 4) is 0 Å². The number of halogens is 1. The number of hydrogen-bond acceptors (Lipinski definition) is 3. The highest BCUT2D eigenvalue weighted by Crippen LogP contribution is 2.28. The normalized spacial score (nSPS) is 23.9. The highest BCUT2D eigenvalue weighted by molar-refractivity contribution is 5.85. The van der Waals surface area contributed by atoms with Gasteiger partial charge in [-0.1, -0.05) is 0 Å². The lowest BCUT2D eigenvalue weighted by atomic mass is 10.1. The van der Waals surface area contributed by atoms with Crippen molar-refractivity contribution in [2.45, 2.75) is 25.3 Å². The van der Waals surface area contributed by atoms with Crippen LogP contribution >= 0.6 is 12.4 Å². The number of rotatable bonds is 5. The van der Waals surface area contributed by atoms with Crippen molar-refractivity contribution in [1.29, 1.82) is 0 Å². The molecule has 5 heteroatoms. The van der Waals surface area contributed by atoms with Crippen molar-refractivity contribution in [3.63, 3.8) is 0 Å². The van der Waals surface area contributed by atoms with E-state index in [0.29, 0.717) is 18.5 Å². The van der Waals surface area contributed by atoms with E-state index in [0.717, 1.165) is 26.2 Å². The first kappa shape index (κ1) is 13.7. The van der Waals surface area contributed by atoms with Crippen LogP contribution in [0.15, 0.2) is 0 Å². The number of nitrogens with one attached hydrogen (secondary N) is 1. The average molecular weight is 249 g/mol. The van der Waals surface area contributed by atoms with Gasteiger partial charge in [0, 0.05) is 25.1 Å². The fourth-order valence-corrected chi connectivity index (χ4v) is 2.10. The Balaban J connectivity index is 0.00000128. The van der Waals surface area contributed by atoms with Crippen LogP contribution in [-0.4, -0.2) is 50.2 Å². The van der Waals surface area contributed by atoms with E-state index in [1.54, 1.807) is 0 Å². The Morgan fingerprint density at radius 3 is 2.69 bits per heavy atom. The molecule has 1 unspecified atom stereocenters. The summed E-state index contributed by atoms with van der Waals surface area (Å²) in [5.41, 5.74) is 0. The Labute approximate surface area is 103 Å². The van der Waals surface area contributed by atoms with Crippen molar-refractivity contribution in [2.24, 2.45) is 5.92 Å². The second-order valence-electron chi connectivity index (χ2n) is 4.54. The quantitative estimate of drug-likeness (QED) is 0.777. The van der Waals surface area contributed by atoms with E-state index >= 15 is 0 Å². The molecule has 1 saturated heterocycles. The van der Waals surface area contributed by atoms with Crippen LogP contribution < -0.4 is 5.32 Å². The summed E-state index contributed by atoms with van der Waals surface area (Å²) in [7, 11) is 1.82. The molecule has 0 aromatic heterocycles. The van der Waals surface area contributed by atoms with Crippen molar-refractivity contribution >= 4 is 18.3 Å². The van der Waals surface area contributed by atoms with Crippen LogP contribution in [0.2, 0.25) is 0 Å². The zero-order valence-electron chi connectivity index (χ0n) is 9.78. The third-order valence-electron chi connectivity index (χ3n) is 3.11. The van der Waals surface area contributed by atoms with Crippen molar-refractivity contribution < 1.29 is 9.53 Å². The predicted molar refractivity (Wildman–Crippen MR) is 64.8 cm³/mol. The first-order valence-corrected chi connectivity index (χ1v) is 5.83. The number of ether oxygens (including phenoxy) is 1. The number of carbonyl (C=O) groups excluding carboxylic acids is 1. The molecule has 0 bridgehead atoms. The summed E-state index contributed by atoms with van der Waals surface area (Å²) in [4.78, 5) is 13.9. The van der Waals surface area contributed by atoms with Crippen LogP contribution in [0.3, 0.4) is 0 Å². The molecule has 2 aliphatic rings. The topological polar surface area (TPSA) is 41.6 Å². The first-order chi connectivity index (χ1) is 7.31. The second-order valence-corrected chi connectivity index (χ2v) is 4.54. The minimum atomic E-state index is 0. The molecule has 1 atom stereocenters. The summed E-state index contributed by atoms with van der Waals surface area (Å²) in [6.45, 7) is 3.05. The predicted octanol–water partition coefficient (Wildman–Crippen LogP) is 0.655. The van der Waals surface area contributed by atoms with Crippen LogP contribution in [0.1, 0.15) is 19.3 Å². The lowest BCUT2D eigenvalue weighted by molar-refractivity contribution is -0.131. The van der Waals surface area contributed by atoms with Gasteiger partial charge in [-0.25, -0.2) is 0 Å². The molecule has 0 spiro atoms. The Kier molecular flexibility index (Phi) is 5.52. The summed E-state index contributed by atoms with van der Waals surface area (Å²) in [6, 6.07) is 0.520. The number of likely N-dealkylation sites (N-methyl/N-ethyl adjacent to an activating group) is 1. The largest absolute Gasteiger partial charge is 0.381 e. The van der Waals surface area contributed by atoms with Gasteiger partial charge in [0.15, 0.2) is 0 Å².